The molecule has 1 saturated carbocycles. The van der Waals surface area contributed by atoms with Crippen molar-refractivity contribution in [3.05, 3.63) is 23.8 Å². The van der Waals surface area contributed by atoms with Gasteiger partial charge in [0.25, 0.3) is 5.91 Å². The Hall–Kier alpha value is -2.04. The maximum atomic E-state index is 12.8. The Morgan fingerprint density at radius 1 is 1.15 bits per heavy atom. The molecule has 26 heavy (non-hydrogen) atoms. The van der Waals surface area contributed by atoms with Crippen molar-refractivity contribution in [2.75, 3.05) is 29.9 Å². The lowest BCUT2D eigenvalue weighted by atomic mass is 9.97. The van der Waals surface area contributed by atoms with E-state index >= 15 is 0 Å². The van der Waals surface area contributed by atoms with Crippen molar-refractivity contribution in [1.82, 2.24) is 5.32 Å². The number of hydrogen-bond acceptors (Lipinski definition) is 3. The summed E-state index contributed by atoms with van der Waals surface area (Å²) in [6, 6.07) is 5.75. The maximum Gasteiger partial charge on any atom is 0.253 e. The zero-order valence-electron chi connectivity index (χ0n) is 16.2. The van der Waals surface area contributed by atoms with Gasteiger partial charge in [0.05, 0.1) is 5.56 Å². The Kier molecular flexibility index (Phi) is 5.84. The third-order valence-electron chi connectivity index (χ3n) is 5.25. The highest BCUT2D eigenvalue weighted by Crippen LogP contribution is 2.32. The van der Waals surface area contributed by atoms with Crippen LogP contribution in [0.2, 0.25) is 0 Å². The Morgan fingerprint density at radius 2 is 1.85 bits per heavy atom. The zero-order chi connectivity index (χ0) is 18.7. The summed E-state index contributed by atoms with van der Waals surface area (Å²) < 4.78 is 0. The van der Waals surface area contributed by atoms with Gasteiger partial charge in [-0.3, -0.25) is 9.59 Å². The monoisotopic (exact) mass is 357 g/mol. The SMILES string of the molecule is CC(C)CNC(=O)c1cc(NC(=O)C2CC2)ccc1N1CCC(C)CC1. The fraction of sp³-hybridized carbons (Fsp3) is 0.619. The molecule has 2 amide bonds. The van der Waals surface area contributed by atoms with Gasteiger partial charge in [0.2, 0.25) is 5.91 Å². The lowest BCUT2D eigenvalue weighted by Gasteiger charge is -2.33. The number of amides is 2. The molecular weight excluding hydrogens is 326 g/mol. The molecule has 0 spiro atoms. The van der Waals surface area contributed by atoms with Crippen LogP contribution in [-0.2, 0) is 4.79 Å². The minimum absolute atomic E-state index is 0.0603. The van der Waals surface area contributed by atoms with Gasteiger partial charge in [0.1, 0.15) is 0 Å². The maximum absolute atomic E-state index is 12.8. The van der Waals surface area contributed by atoms with E-state index < -0.39 is 0 Å². The van der Waals surface area contributed by atoms with E-state index in [2.05, 4.69) is 36.3 Å². The molecule has 0 unspecified atom stereocenters. The number of benzene rings is 1. The summed E-state index contributed by atoms with van der Waals surface area (Å²) in [5, 5.41) is 5.99. The molecule has 0 bridgehead atoms. The molecule has 1 heterocycles. The second-order valence-electron chi connectivity index (χ2n) is 8.27. The van der Waals surface area contributed by atoms with Crippen molar-refractivity contribution in [1.29, 1.82) is 0 Å². The molecule has 142 valence electrons. The number of hydrogen-bond donors (Lipinski definition) is 2. The smallest absolute Gasteiger partial charge is 0.253 e. The largest absolute Gasteiger partial charge is 0.371 e. The van der Waals surface area contributed by atoms with E-state index in [1.807, 2.05) is 18.2 Å². The normalized spacial score (nSPS) is 18.1. The van der Waals surface area contributed by atoms with Crippen LogP contribution in [0.1, 0.15) is 56.8 Å². The summed E-state index contributed by atoms with van der Waals surface area (Å²) >= 11 is 0. The number of nitrogens with one attached hydrogen (secondary N) is 2. The van der Waals surface area contributed by atoms with Gasteiger partial charge in [-0.2, -0.15) is 0 Å². The van der Waals surface area contributed by atoms with Gasteiger partial charge in [0, 0.05) is 36.9 Å². The van der Waals surface area contributed by atoms with Crippen molar-refractivity contribution in [2.45, 2.75) is 46.5 Å². The minimum Gasteiger partial charge on any atom is -0.371 e. The lowest BCUT2D eigenvalue weighted by Crippen LogP contribution is -2.35. The molecular formula is C21H31N3O2. The molecule has 2 N–H and O–H groups in total. The van der Waals surface area contributed by atoms with Crippen LogP contribution in [0, 0.1) is 17.8 Å². The molecule has 5 heteroatoms. The van der Waals surface area contributed by atoms with Crippen molar-refractivity contribution < 1.29 is 9.59 Å². The fourth-order valence-electron chi connectivity index (χ4n) is 3.30. The number of piperidine rings is 1. The van der Waals surface area contributed by atoms with E-state index in [4.69, 9.17) is 0 Å². The highest BCUT2D eigenvalue weighted by atomic mass is 16.2. The summed E-state index contributed by atoms with van der Waals surface area (Å²) in [6.07, 6.45) is 4.23. The van der Waals surface area contributed by atoms with Gasteiger partial charge in [-0.1, -0.05) is 20.8 Å². The van der Waals surface area contributed by atoms with Crippen molar-refractivity contribution >= 4 is 23.2 Å². The number of carbonyl (C=O) groups excluding carboxylic acids is 2. The zero-order valence-corrected chi connectivity index (χ0v) is 16.2. The quantitative estimate of drug-likeness (QED) is 0.817. The van der Waals surface area contributed by atoms with Crippen molar-refractivity contribution in [3.8, 4) is 0 Å². The highest BCUT2D eigenvalue weighted by Gasteiger charge is 2.30. The van der Waals surface area contributed by atoms with E-state index in [0.29, 0.717) is 23.7 Å². The first-order valence-corrected chi connectivity index (χ1v) is 9.92. The van der Waals surface area contributed by atoms with Crippen LogP contribution in [-0.4, -0.2) is 31.4 Å². The predicted octanol–water partition coefficient (Wildman–Crippen LogP) is 3.66. The first kappa shape index (κ1) is 18.7. The molecule has 1 saturated heterocycles. The Balaban J connectivity index is 1.81. The Morgan fingerprint density at radius 3 is 2.46 bits per heavy atom. The lowest BCUT2D eigenvalue weighted by molar-refractivity contribution is -0.117. The average molecular weight is 357 g/mol. The number of nitrogens with zero attached hydrogens (tertiary/aromatic N) is 1. The molecule has 1 aromatic rings. The van der Waals surface area contributed by atoms with Gasteiger partial charge < -0.3 is 15.5 Å². The van der Waals surface area contributed by atoms with Crippen LogP contribution < -0.4 is 15.5 Å². The van der Waals surface area contributed by atoms with E-state index in [1.54, 1.807) is 0 Å². The van der Waals surface area contributed by atoms with Crippen LogP contribution in [0.4, 0.5) is 11.4 Å². The molecule has 2 fully saturated rings. The van der Waals surface area contributed by atoms with Gasteiger partial charge in [-0.25, -0.2) is 0 Å². The van der Waals surface area contributed by atoms with Crippen molar-refractivity contribution in [2.24, 2.45) is 17.8 Å². The molecule has 3 rings (SSSR count). The average Bonchev–Trinajstić information content (AvgIpc) is 3.45. The summed E-state index contributed by atoms with van der Waals surface area (Å²) in [5.41, 5.74) is 2.35. The van der Waals surface area contributed by atoms with E-state index in [-0.39, 0.29) is 17.7 Å². The van der Waals surface area contributed by atoms with Gasteiger partial charge in [-0.05, 0) is 55.7 Å². The first-order valence-electron chi connectivity index (χ1n) is 9.92. The van der Waals surface area contributed by atoms with E-state index in [1.165, 1.54) is 0 Å². The van der Waals surface area contributed by atoms with Crippen LogP contribution in [0.15, 0.2) is 18.2 Å². The summed E-state index contributed by atoms with van der Waals surface area (Å²) in [4.78, 5) is 27.2. The molecule has 0 atom stereocenters. The Labute approximate surface area is 156 Å². The van der Waals surface area contributed by atoms with Gasteiger partial charge >= 0.3 is 0 Å². The van der Waals surface area contributed by atoms with Crippen LogP contribution in [0.3, 0.4) is 0 Å². The molecule has 1 aliphatic carbocycles. The van der Waals surface area contributed by atoms with E-state index in [0.717, 1.165) is 50.4 Å². The van der Waals surface area contributed by atoms with Crippen LogP contribution in [0.5, 0.6) is 0 Å². The molecule has 2 aliphatic rings. The molecule has 1 aromatic carbocycles. The number of rotatable bonds is 6. The Bertz CT molecular complexity index is 659. The molecule has 0 radical (unpaired) electrons. The minimum atomic E-state index is -0.0603. The van der Waals surface area contributed by atoms with Crippen LogP contribution >= 0.6 is 0 Å². The second kappa shape index (κ2) is 8.11. The standard InChI is InChI=1S/C21H31N3O2/c1-14(2)13-22-21(26)18-12-17(23-20(25)16-4-5-16)6-7-19(18)24-10-8-15(3)9-11-24/h6-7,12,14-16H,4-5,8-11,13H2,1-3H3,(H,22,26)(H,23,25). The highest BCUT2D eigenvalue weighted by molar-refractivity contribution is 6.02. The fourth-order valence-corrected chi connectivity index (χ4v) is 3.30. The molecule has 0 aromatic heterocycles. The van der Waals surface area contributed by atoms with Crippen LogP contribution in [0.25, 0.3) is 0 Å². The second-order valence-corrected chi connectivity index (χ2v) is 8.27. The van der Waals surface area contributed by atoms with Gasteiger partial charge in [0.15, 0.2) is 0 Å². The third kappa shape index (κ3) is 4.77. The van der Waals surface area contributed by atoms with Gasteiger partial charge in [-0.15, -0.1) is 0 Å². The summed E-state index contributed by atoms with van der Waals surface area (Å²) in [5.74, 6) is 1.29. The van der Waals surface area contributed by atoms with Crippen molar-refractivity contribution in [3.63, 3.8) is 0 Å². The van der Waals surface area contributed by atoms with E-state index in [9.17, 15) is 9.59 Å². The summed E-state index contributed by atoms with van der Waals surface area (Å²) in [7, 11) is 0. The third-order valence-corrected chi connectivity index (χ3v) is 5.25. The predicted molar refractivity (Wildman–Crippen MR) is 106 cm³/mol. The molecule has 5 nitrogen and oxygen atoms in total. The number of anilines is 2. The topological polar surface area (TPSA) is 61.4 Å². The first-order chi connectivity index (χ1) is 12.4. The summed E-state index contributed by atoms with van der Waals surface area (Å²) in [6.45, 7) is 9.04. The molecule has 1 aliphatic heterocycles. The number of carbonyl (C=O) groups is 2.